The summed E-state index contributed by atoms with van der Waals surface area (Å²) >= 11 is 0. The first-order valence-corrected chi connectivity index (χ1v) is 12.8. The summed E-state index contributed by atoms with van der Waals surface area (Å²) in [5.74, 6) is 0. The van der Waals surface area contributed by atoms with Gasteiger partial charge in [-0.05, 0) is 93.0 Å². The highest BCUT2D eigenvalue weighted by molar-refractivity contribution is 7.90. The van der Waals surface area contributed by atoms with E-state index in [1.807, 2.05) is 0 Å². The van der Waals surface area contributed by atoms with Crippen molar-refractivity contribution in [2.24, 2.45) is 0 Å². The third-order valence-corrected chi connectivity index (χ3v) is 9.32. The van der Waals surface area contributed by atoms with Gasteiger partial charge >= 0.3 is 6.03 Å². The van der Waals surface area contributed by atoms with Crippen LogP contribution in [-0.4, -0.2) is 43.2 Å². The Morgan fingerprint density at radius 3 is 2.17 bits per heavy atom. The largest absolute Gasteiger partial charge is 0.332 e. The Morgan fingerprint density at radius 2 is 1.62 bits per heavy atom. The fourth-order valence-corrected chi connectivity index (χ4v) is 7.74. The highest BCUT2D eigenvalue weighted by atomic mass is 32.2. The summed E-state index contributed by atoms with van der Waals surface area (Å²) in [6, 6.07) is 2.39. The van der Waals surface area contributed by atoms with Gasteiger partial charge < -0.3 is 5.32 Å². The SMILES string of the molecule is CCN1C2CCC1CC(S(=O)(=O)NC(=O)Nc1c3c(cc4c1CCC4)CCC3)C2. The van der Waals surface area contributed by atoms with Gasteiger partial charge in [-0.1, -0.05) is 13.0 Å². The molecule has 0 spiro atoms. The molecule has 2 unspecified atom stereocenters. The van der Waals surface area contributed by atoms with Crippen molar-refractivity contribution in [1.82, 2.24) is 9.62 Å². The lowest BCUT2D eigenvalue weighted by atomic mass is 9.99. The predicted octanol–water partition coefficient (Wildman–Crippen LogP) is 3.13. The molecule has 1 aromatic carbocycles. The van der Waals surface area contributed by atoms with Crippen LogP contribution in [0.3, 0.4) is 0 Å². The van der Waals surface area contributed by atoms with Gasteiger partial charge in [0.15, 0.2) is 0 Å². The molecule has 0 aromatic heterocycles. The third kappa shape index (κ3) is 3.36. The van der Waals surface area contributed by atoms with Gasteiger partial charge in [0.2, 0.25) is 10.0 Å². The second-order valence-electron chi connectivity index (χ2n) is 9.14. The van der Waals surface area contributed by atoms with Crippen molar-refractivity contribution < 1.29 is 13.2 Å². The second kappa shape index (κ2) is 7.27. The Kier molecular flexibility index (Phi) is 4.86. The van der Waals surface area contributed by atoms with E-state index in [9.17, 15) is 13.2 Å². The van der Waals surface area contributed by atoms with E-state index < -0.39 is 21.3 Å². The number of sulfonamides is 1. The molecule has 2 bridgehead atoms. The van der Waals surface area contributed by atoms with Crippen molar-refractivity contribution in [3.63, 3.8) is 0 Å². The average Bonchev–Trinajstić information content (AvgIpc) is 3.38. The number of hydrogen-bond acceptors (Lipinski definition) is 4. The molecule has 29 heavy (non-hydrogen) atoms. The van der Waals surface area contributed by atoms with Gasteiger partial charge in [0, 0.05) is 17.8 Å². The Labute approximate surface area is 173 Å². The van der Waals surface area contributed by atoms with Crippen LogP contribution in [0.1, 0.15) is 67.7 Å². The number of piperidine rings is 1. The summed E-state index contributed by atoms with van der Waals surface area (Å²) in [6.45, 7) is 3.11. The number of carbonyl (C=O) groups excluding carboxylic acids is 1. The van der Waals surface area contributed by atoms with E-state index in [4.69, 9.17) is 0 Å². The quantitative estimate of drug-likeness (QED) is 0.789. The lowest BCUT2D eigenvalue weighted by Gasteiger charge is -2.37. The van der Waals surface area contributed by atoms with Crippen LogP contribution in [-0.2, 0) is 35.7 Å². The summed E-state index contributed by atoms with van der Waals surface area (Å²) in [5.41, 5.74) is 5.97. The molecule has 5 rings (SSSR count). The molecule has 2 atom stereocenters. The van der Waals surface area contributed by atoms with E-state index >= 15 is 0 Å². The number of amides is 2. The molecule has 2 amide bonds. The Hall–Kier alpha value is -1.60. The van der Waals surface area contributed by atoms with Gasteiger partial charge in [0.1, 0.15) is 0 Å². The fourth-order valence-electron chi connectivity index (χ4n) is 6.31. The van der Waals surface area contributed by atoms with E-state index in [0.29, 0.717) is 24.9 Å². The molecule has 2 saturated heterocycles. The number of nitrogens with one attached hydrogen (secondary N) is 2. The normalized spacial score (nSPS) is 28.2. The maximum atomic E-state index is 13.0. The molecule has 6 nitrogen and oxygen atoms in total. The zero-order valence-electron chi connectivity index (χ0n) is 17.2. The van der Waals surface area contributed by atoms with Crippen molar-refractivity contribution >= 4 is 21.7 Å². The van der Waals surface area contributed by atoms with Crippen LogP contribution in [0.25, 0.3) is 0 Å². The molecule has 0 radical (unpaired) electrons. The van der Waals surface area contributed by atoms with E-state index in [0.717, 1.165) is 63.6 Å². The first kappa shape index (κ1) is 19.4. The molecule has 7 heteroatoms. The minimum absolute atomic E-state index is 0.337. The first-order valence-electron chi connectivity index (χ1n) is 11.2. The highest BCUT2D eigenvalue weighted by Crippen LogP contribution is 2.39. The van der Waals surface area contributed by atoms with Crippen molar-refractivity contribution in [2.75, 3.05) is 11.9 Å². The van der Waals surface area contributed by atoms with Gasteiger partial charge in [-0.3, -0.25) is 4.90 Å². The van der Waals surface area contributed by atoms with E-state index in [1.54, 1.807) is 0 Å². The van der Waals surface area contributed by atoms with Crippen molar-refractivity contribution in [1.29, 1.82) is 0 Å². The third-order valence-electron chi connectivity index (χ3n) is 7.59. The molecule has 2 aliphatic heterocycles. The van der Waals surface area contributed by atoms with Gasteiger partial charge in [-0.15, -0.1) is 0 Å². The Bertz CT molecular complexity index is 897. The summed E-state index contributed by atoms with van der Waals surface area (Å²) in [4.78, 5) is 15.2. The number of hydrogen-bond donors (Lipinski definition) is 2. The second-order valence-corrected chi connectivity index (χ2v) is 11.1. The van der Waals surface area contributed by atoms with Gasteiger partial charge in [-0.25, -0.2) is 17.9 Å². The maximum absolute atomic E-state index is 13.0. The number of benzene rings is 1. The Morgan fingerprint density at radius 1 is 1.03 bits per heavy atom. The molecule has 4 aliphatic rings. The highest BCUT2D eigenvalue weighted by Gasteiger charge is 2.44. The standard InChI is InChI=1S/C22H31N3O3S/c1-2-25-16-9-10-17(25)13-18(12-16)29(27,28)24-22(26)23-21-19-7-3-5-14(19)11-15-6-4-8-20(15)21/h11,16-18H,2-10,12-13H2,1H3,(H2,23,24,26). The first-order chi connectivity index (χ1) is 14.0. The molecule has 2 heterocycles. The topological polar surface area (TPSA) is 78.5 Å². The number of nitrogens with zero attached hydrogens (tertiary/aromatic N) is 1. The smallest absolute Gasteiger partial charge is 0.307 e. The minimum atomic E-state index is -3.68. The summed E-state index contributed by atoms with van der Waals surface area (Å²) in [5, 5.41) is 2.48. The molecule has 0 saturated carbocycles. The van der Waals surface area contributed by atoms with Crippen LogP contribution in [0.15, 0.2) is 6.07 Å². The molecular formula is C22H31N3O3S. The Balaban J connectivity index is 1.32. The summed E-state index contributed by atoms with van der Waals surface area (Å²) < 4.78 is 28.3. The fraction of sp³-hybridized carbons (Fsp3) is 0.682. The van der Waals surface area contributed by atoms with Crippen molar-refractivity contribution in [3.05, 3.63) is 28.3 Å². The van der Waals surface area contributed by atoms with E-state index in [-0.39, 0.29) is 0 Å². The molecule has 1 aromatic rings. The number of fused-ring (bicyclic) bond motifs is 4. The van der Waals surface area contributed by atoms with Crippen LogP contribution in [0.5, 0.6) is 0 Å². The van der Waals surface area contributed by atoms with Crippen molar-refractivity contribution in [3.8, 4) is 0 Å². The molecule has 158 valence electrons. The van der Waals surface area contributed by atoms with Crippen LogP contribution in [0.4, 0.5) is 10.5 Å². The number of urea groups is 1. The number of anilines is 1. The van der Waals surface area contributed by atoms with E-state index in [1.165, 1.54) is 22.3 Å². The maximum Gasteiger partial charge on any atom is 0.332 e. The molecule has 2 fully saturated rings. The molecule has 2 N–H and O–H groups in total. The van der Waals surface area contributed by atoms with Crippen LogP contribution in [0, 0.1) is 0 Å². The van der Waals surface area contributed by atoms with Crippen LogP contribution < -0.4 is 10.0 Å². The van der Waals surface area contributed by atoms with Gasteiger partial charge in [0.05, 0.1) is 5.25 Å². The lowest BCUT2D eigenvalue weighted by molar-refractivity contribution is 0.150. The minimum Gasteiger partial charge on any atom is -0.307 e. The zero-order valence-corrected chi connectivity index (χ0v) is 18.0. The van der Waals surface area contributed by atoms with Crippen LogP contribution >= 0.6 is 0 Å². The van der Waals surface area contributed by atoms with Crippen LogP contribution in [0.2, 0.25) is 0 Å². The van der Waals surface area contributed by atoms with Crippen molar-refractivity contribution in [2.45, 2.75) is 88.5 Å². The van der Waals surface area contributed by atoms with Gasteiger partial charge in [0.25, 0.3) is 0 Å². The summed E-state index contributed by atoms with van der Waals surface area (Å²) in [7, 11) is -3.68. The lowest BCUT2D eigenvalue weighted by Crippen LogP contribution is -2.50. The number of aryl methyl sites for hydroxylation is 2. The monoisotopic (exact) mass is 417 g/mol. The van der Waals surface area contributed by atoms with E-state index in [2.05, 4.69) is 27.9 Å². The zero-order chi connectivity index (χ0) is 20.2. The number of carbonyl (C=O) groups is 1. The summed E-state index contributed by atoms with van der Waals surface area (Å²) in [6.07, 6.45) is 9.63. The average molecular weight is 418 g/mol. The molecular weight excluding hydrogens is 386 g/mol. The van der Waals surface area contributed by atoms with Gasteiger partial charge in [-0.2, -0.15) is 0 Å². The predicted molar refractivity (Wildman–Crippen MR) is 114 cm³/mol. The molecule has 2 aliphatic carbocycles. The number of rotatable bonds is 4.